The van der Waals surface area contributed by atoms with Gasteiger partial charge >= 0.3 is 0 Å². The molecule has 0 aliphatic rings. The van der Waals surface area contributed by atoms with Crippen LogP contribution in [0.3, 0.4) is 0 Å². The predicted molar refractivity (Wildman–Crippen MR) is 242 cm³/mol. The number of benzene rings is 8. The largest absolute Gasteiger partial charge is 0.254 e. The van der Waals surface area contributed by atoms with Crippen LogP contribution in [-0.2, 0) is 0 Å². The van der Waals surface area contributed by atoms with E-state index >= 15 is 0 Å². The Morgan fingerprint density at radius 1 is 0.276 bits per heavy atom. The summed E-state index contributed by atoms with van der Waals surface area (Å²) in [4.78, 5) is 19.7. The summed E-state index contributed by atoms with van der Waals surface area (Å²) in [5.74, 6) is 0. The van der Waals surface area contributed by atoms with Gasteiger partial charge in [0.15, 0.2) is 0 Å². The molecule has 0 bridgehead atoms. The number of hydrogen-bond acceptors (Lipinski definition) is 4. The SMILES string of the molecule is c1cnc2c(c1)cc(-c1ccc(-c3ccc4ccc(-c5ccc6ccc(-c7ccc8c9ccccc9c9ccccc9c8c7)nc6c5)cc4n3)cc1)c1cccnc12. The smallest absolute Gasteiger partial charge is 0.0970 e. The summed E-state index contributed by atoms with van der Waals surface area (Å²) < 4.78 is 0. The molecule has 4 heteroatoms. The van der Waals surface area contributed by atoms with E-state index in [0.717, 1.165) is 88.4 Å². The number of aromatic nitrogens is 4. The maximum atomic E-state index is 5.24. The lowest BCUT2D eigenvalue weighted by Crippen LogP contribution is -1.90. The molecule has 8 aromatic carbocycles. The monoisotopic (exact) mass is 736 g/mol. The summed E-state index contributed by atoms with van der Waals surface area (Å²) >= 11 is 0. The molecule has 4 aromatic heterocycles. The summed E-state index contributed by atoms with van der Waals surface area (Å²) in [6, 6.07) is 65.0. The minimum absolute atomic E-state index is 0.919. The molecular formula is C54H32N4. The lowest BCUT2D eigenvalue weighted by atomic mass is 9.93. The highest BCUT2D eigenvalue weighted by Gasteiger charge is 2.13. The average molecular weight is 737 g/mol. The quantitative estimate of drug-likeness (QED) is 0.169. The second-order valence-electron chi connectivity index (χ2n) is 15.0. The van der Waals surface area contributed by atoms with Gasteiger partial charge < -0.3 is 0 Å². The van der Waals surface area contributed by atoms with Crippen molar-refractivity contribution in [2.24, 2.45) is 0 Å². The second-order valence-corrected chi connectivity index (χ2v) is 15.0. The Kier molecular flexibility index (Phi) is 7.20. The van der Waals surface area contributed by atoms with Gasteiger partial charge in [-0.2, -0.15) is 0 Å². The second kappa shape index (κ2) is 12.9. The lowest BCUT2D eigenvalue weighted by molar-refractivity contribution is 1.37. The van der Waals surface area contributed by atoms with Crippen LogP contribution in [-0.4, -0.2) is 19.9 Å². The van der Waals surface area contributed by atoms with Crippen molar-refractivity contribution >= 4 is 75.9 Å². The van der Waals surface area contributed by atoms with Gasteiger partial charge in [-0.3, -0.25) is 9.97 Å². The normalized spacial score (nSPS) is 11.8. The van der Waals surface area contributed by atoms with E-state index in [9.17, 15) is 0 Å². The molecule has 0 spiro atoms. The van der Waals surface area contributed by atoms with E-state index < -0.39 is 0 Å². The summed E-state index contributed by atoms with van der Waals surface area (Å²) in [6.07, 6.45) is 3.66. The first-order valence-corrected chi connectivity index (χ1v) is 19.6. The fourth-order valence-electron chi connectivity index (χ4n) is 8.82. The predicted octanol–water partition coefficient (Wildman–Crippen LogP) is 14.0. The first-order valence-electron chi connectivity index (χ1n) is 19.6. The Morgan fingerprint density at radius 3 is 1.41 bits per heavy atom. The zero-order chi connectivity index (χ0) is 38.2. The Labute approximate surface area is 333 Å². The van der Waals surface area contributed by atoms with Gasteiger partial charge in [0.25, 0.3) is 0 Å². The van der Waals surface area contributed by atoms with Gasteiger partial charge in [-0.25, -0.2) is 9.97 Å². The number of fused-ring (bicyclic) bond motifs is 11. The van der Waals surface area contributed by atoms with Gasteiger partial charge in [-0.05, 0) is 103 Å². The standard InChI is InChI=1S/C54H32N4/c1-2-10-43-41(8-1)42-9-3-4-11-44(42)48-29-39(21-24-45(43)48)50-26-23-36-18-20-38(32-52(36)58-50)37-19-17-35-22-25-49(57-51(35)31-37)34-15-13-33(14-16-34)47-30-40-7-5-27-55-53(40)54-46(47)12-6-28-56-54/h1-32H. The van der Waals surface area contributed by atoms with Gasteiger partial charge in [0.1, 0.15) is 0 Å². The first-order chi connectivity index (χ1) is 28.7. The third-order valence-corrected chi connectivity index (χ3v) is 11.7. The molecule has 268 valence electrons. The van der Waals surface area contributed by atoms with Crippen molar-refractivity contribution in [3.63, 3.8) is 0 Å². The Bertz CT molecular complexity index is 3590. The number of rotatable bonds is 4. The Hall–Kier alpha value is -7.82. The molecule has 0 unspecified atom stereocenters. The Morgan fingerprint density at radius 2 is 0.759 bits per heavy atom. The highest BCUT2D eigenvalue weighted by atomic mass is 14.7. The van der Waals surface area contributed by atoms with Gasteiger partial charge in [-0.1, -0.05) is 133 Å². The van der Waals surface area contributed by atoms with Crippen LogP contribution in [0.1, 0.15) is 0 Å². The van der Waals surface area contributed by atoms with Gasteiger partial charge in [0.2, 0.25) is 0 Å². The molecule has 4 nitrogen and oxygen atoms in total. The minimum Gasteiger partial charge on any atom is -0.254 e. The van der Waals surface area contributed by atoms with Crippen molar-refractivity contribution in [2.75, 3.05) is 0 Å². The van der Waals surface area contributed by atoms with E-state index in [1.54, 1.807) is 0 Å². The molecular weight excluding hydrogens is 705 g/mol. The molecule has 0 saturated carbocycles. The number of nitrogens with zero attached hydrogens (tertiary/aromatic N) is 4. The molecule has 58 heavy (non-hydrogen) atoms. The van der Waals surface area contributed by atoms with Gasteiger partial charge in [-0.15, -0.1) is 0 Å². The zero-order valence-corrected chi connectivity index (χ0v) is 31.3. The van der Waals surface area contributed by atoms with Crippen molar-refractivity contribution in [1.82, 2.24) is 19.9 Å². The average Bonchev–Trinajstić information content (AvgIpc) is 3.30. The maximum absolute atomic E-state index is 5.24. The van der Waals surface area contributed by atoms with Crippen LogP contribution in [0.15, 0.2) is 194 Å². The van der Waals surface area contributed by atoms with Crippen molar-refractivity contribution in [1.29, 1.82) is 0 Å². The number of pyridine rings is 4. The maximum Gasteiger partial charge on any atom is 0.0970 e. The summed E-state index contributed by atoms with van der Waals surface area (Å²) in [6.45, 7) is 0. The van der Waals surface area contributed by atoms with E-state index in [2.05, 4.69) is 175 Å². The summed E-state index contributed by atoms with van der Waals surface area (Å²) in [7, 11) is 0. The fourth-order valence-corrected chi connectivity index (χ4v) is 8.82. The highest BCUT2D eigenvalue weighted by molar-refractivity contribution is 6.25. The van der Waals surface area contributed by atoms with Gasteiger partial charge in [0.05, 0.1) is 33.5 Å². The number of hydrogen-bond donors (Lipinski definition) is 0. The summed E-state index contributed by atoms with van der Waals surface area (Å²) in [5.41, 5.74) is 12.3. The molecule has 4 heterocycles. The van der Waals surface area contributed by atoms with Crippen LogP contribution in [0.2, 0.25) is 0 Å². The third-order valence-electron chi connectivity index (χ3n) is 11.7. The first kappa shape index (κ1) is 32.4. The van der Waals surface area contributed by atoms with E-state index in [1.807, 2.05) is 24.5 Å². The van der Waals surface area contributed by atoms with Crippen LogP contribution in [0.4, 0.5) is 0 Å². The molecule has 0 aliphatic carbocycles. The summed E-state index contributed by atoms with van der Waals surface area (Å²) in [5, 5.41) is 12.0. The van der Waals surface area contributed by atoms with Crippen molar-refractivity contribution in [3.05, 3.63) is 194 Å². The molecule has 0 saturated heterocycles. The highest BCUT2D eigenvalue weighted by Crippen LogP contribution is 2.38. The fraction of sp³-hybridized carbons (Fsp3) is 0. The molecule has 0 amide bonds. The van der Waals surface area contributed by atoms with Crippen LogP contribution in [0, 0.1) is 0 Å². The molecule has 0 N–H and O–H groups in total. The van der Waals surface area contributed by atoms with E-state index in [1.165, 1.54) is 32.3 Å². The Balaban J connectivity index is 0.888. The molecule has 12 aromatic rings. The molecule has 0 fully saturated rings. The molecule has 0 radical (unpaired) electrons. The van der Waals surface area contributed by atoms with E-state index in [4.69, 9.17) is 15.0 Å². The third kappa shape index (κ3) is 5.23. The van der Waals surface area contributed by atoms with Crippen LogP contribution in [0.25, 0.3) is 121 Å². The molecule has 0 atom stereocenters. The molecule has 12 rings (SSSR count). The van der Waals surface area contributed by atoms with Crippen LogP contribution < -0.4 is 0 Å². The molecule has 0 aliphatic heterocycles. The lowest BCUT2D eigenvalue weighted by Gasteiger charge is -2.12. The zero-order valence-electron chi connectivity index (χ0n) is 31.3. The van der Waals surface area contributed by atoms with E-state index in [-0.39, 0.29) is 0 Å². The van der Waals surface area contributed by atoms with E-state index in [0.29, 0.717) is 0 Å². The van der Waals surface area contributed by atoms with Crippen LogP contribution in [0.5, 0.6) is 0 Å². The van der Waals surface area contributed by atoms with Crippen molar-refractivity contribution in [2.45, 2.75) is 0 Å². The van der Waals surface area contributed by atoms with Crippen LogP contribution >= 0.6 is 0 Å². The minimum atomic E-state index is 0.919. The topological polar surface area (TPSA) is 51.6 Å². The van der Waals surface area contributed by atoms with Gasteiger partial charge in [0, 0.05) is 45.1 Å². The van der Waals surface area contributed by atoms with Crippen molar-refractivity contribution in [3.8, 4) is 44.8 Å². The van der Waals surface area contributed by atoms with Crippen molar-refractivity contribution < 1.29 is 0 Å².